The monoisotopic (exact) mass is 495 g/mol. The number of benzene rings is 3. The first-order chi connectivity index (χ1) is 18.1. The molecule has 0 saturated carbocycles. The highest BCUT2D eigenvalue weighted by Crippen LogP contribution is 2.28. The third-order valence-corrected chi connectivity index (χ3v) is 6.35. The molecule has 0 spiro atoms. The Bertz CT molecular complexity index is 1400. The van der Waals surface area contributed by atoms with Crippen LogP contribution in [0.25, 0.3) is 0 Å². The van der Waals surface area contributed by atoms with E-state index >= 15 is 0 Å². The number of hydrogen-bond donors (Lipinski definition) is 1. The first-order valence-electron chi connectivity index (χ1n) is 12.3. The molecule has 188 valence electrons. The van der Waals surface area contributed by atoms with Gasteiger partial charge in [-0.05, 0) is 49.0 Å². The summed E-state index contributed by atoms with van der Waals surface area (Å²) in [4.78, 5) is 30.5. The zero-order valence-electron chi connectivity index (χ0n) is 20.7. The van der Waals surface area contributed by atoms with E-state index in [4.69, 9.17) is 4.74 Å². The number of ether oxygens (including phenoxy) is 1. The average molecular weight is 496 g/mol. The Morgan fingerprint density at radius 1 is 0.892 bits per heavy atom. The molecule has 1 aromatic heterocycles. The lowest BCUT2D eigenvalue weighted by Gasteiger charge is -2.32. The molecule has 2 heterocycles. The molecule has 8 nitrogen and oxygen atoms in total. The van der Waals surface area contributed by atoms with Gasteiger partial charge in [0.25, 0.3) is 11.5 Å². The predicted molar refractivity (Wildman–Crippen MR) is 144 cm³/mol. The van der Waals surface area contributed by atoms with Gasteiger partial charge in [-0.25, -0.2) is 4.68 Å². The summed E-state index contributed by atoms with van der Waals surface area (Å²) in [5.74, 6) is 0.931. The highest BCUT2D eigenvalue weighted by Gasteiger charge is 2.20. The molecule has 8 heteroatoms. The second kappa shape index (κ2) is 11.1. The van der Waals surface area contributed by atoms with Crippen molar-refractivity contribution in [1.82, 2.24) is 19.6 Å². The number of nitrogens with zero attached hydrogens (tertiary/aromatic N) is 4. The Balaban J connectivity index is 1.41. The summed E-state index contributed by atoms with van der Waals surface area (Å²) in [6.45, 7) is 3.50. The Kier molecular flexibility index (Phi) is 7.28. The summed E-state index contributed by atoms with van der Waals surface area (Å²) >= 11 is 0. The number of amides is 1. The van der Waals surface area contributed by atoms with E-state index in [1.807, 2.05) is 65.6 Å². The largest absolute Gasteiger partial charge is 0.453 e. The van der Waals surface area contributed by atoms with Gasteiger partial charge in [-0.1, -0.05) is 48.5 Å². The highest BCUT2D eigenvalue weighted by molar-refractivity contribution is 5.94. The molecule has 1 amide bonds. The molecule has 4 aromatic rings. The lowest BCUT2D eigenvalue weighted by molar-refractivity contribution is 0.0664. The van der Waals surface area contributed by atoms with Crippen molar-refractivity contribution < 1.29 is 9.53 Å². The molecule has 5 rings (SSSR count). The van der Waals surface area contributed by atoms with Crippen molar-refractivity contribution in [3.8, 4) is 11.5 Å². The van der Waals surface area contributed by atoms with Gasteiger partial charge in [-0.2, -0.15) is 5.10 Å². The van der Waals surface area contributed by atoms with Crippen LogP contribution in [-0.2, 0) is 6.54 Å². The fourth-order valence-corrected chi connectivity index (χ4v) is 4.18. The van der Waals surface area contributed by atoms with E-state index in [-0.39, 0.29) is 17.2 Å². The van der Waals surface area contributed by atoms with Gasteiger partial charge in [0.15, 0.2) is 11.4 Å². The Morgan fingerprint density at radius 2 is 1.54 bits per heavy atom. The van der Waals surface area contributed by atoms with Gasteiger partial charge in [0.05, 0.1) is 12.7 Å². The van der Waals surface area contributed by atoms with E-state index in [9.17, 15) is 9.59 Å². The third kappa shape index (κ3) is 5.87. The molecule has 1 saturated heterocycles. The second-order valence-electron chi connectivity index (χ2n) is 9.05. The minimum Gasteiger partial charge on any atom is -0.453 e. The molecule has 0 bridgehead atoms. The number of aromatic nitrogens is 2. The van der Waals surface area contributed by atoms with Crippen molar-refractivity contribution in [3.63, 3.8) is 0 Å². The molecular weight excluding hydrogens is 466 g/mol. The fraction of sp³-hybridized carbons (Fsp3) is 0.207. The normalized spacial score (nSPS) is 13.8. The van der Waals surface area contributed by atoms with E-state index in [1.54, 1.807) is 30.5 Å². The summed E-state index contributed by atoms with van der Waals surface area (Å²) in [5.41, 5.74) is 2.21. The molecule has 1 N–H and O–H groups in total. The van der Waals surface area contributed by atoms with E-state index in [2.05, 4.69) is 22.4 Å². The van der Waals surface area contributed by atoms with Crippen molar-refractivity contribution in [2.45, 2.75) is 6.54 Å². The predicted octanol–water partition coefficient (Wildman–Crippen LogP) is 4.22. The minimum atomic E-state index is -0.310. The summed E-state index contributed by atoms with van der Waals surface area (Å²) < 4.78 is 7.42. The smallest absolute Gasteiger partial charge is 0.294 e. The van der Waals surface area contributed by atoms with E-state index in [1.165, 1.54) is 4.68 Å². The van der Waals surface area contributed by atoms with Crippen LogP contribution in [0.3, 0.4) is 0 Å². The van der Waals surface area contributed by atoms with Crippen LogP contribution >= 0.6 is 0 Å². The lowest BCUT2D eigenvalue weighted by Crippen LogP contribution is -2.47. The van der Waals surface area contributed by atoms with Crippen molar-refractivity contribution >= 4 is 17.3 Å². The zero-order chi connectivity index (χ0) is 25.6. The van der Waals surface area contributed by atoms with Crippen LogP contribution < -0.4 is 15.6 Å². The molecule has 1 aliphatic rings. The van der Waals surface area contributed by atoms with E-state index < -0.39 is 0 Å². The van der Waals surface area contributed by atoms with Crippen LogP contribution in [0, 0.1) is 0 Å². The maximum Gasteiger partial charge on any atom is 0.294 e. The van der Waals surface area contributed by atoms with Crippen molar-refractivity contribution in [1.29, 1.82) is 0 Å². The van der Waals surface area contributed by atoms with Gasteiger partial charge < -0.3 is 19.9 Å². The number of carbonyl (C=O) groups is 1. The first kappa shape index (κ1) is 24.3. The lowest BCUT2D eigenvalue weighted by atomic mass is 10.1. The first-order valence-corrected chi connectivity index (χ1v) is 12.3. The Hall–Kier alpha value is -4.43. The molecule has 0 atom stereocenters. The number of carbonyl (C=O) groups excluding carboxylic acids is 1. The van der Waals surface area contributed by atoms with Crippen LogP contribution in [0.2, 0.25) is 0 Å². The van der Waals surface area contributed by atoms with Gasteiger partial charge in [0.2, 0.25) is 0 Å². The number of rotatable bonds is 7. The van der Waals surface area contributed by atoms with Gasteiger partial charge in [0.1, 0.15) is 5.75 Å². The molecule has 0 unspecified atom stereocenters. The van der Waals surface area contributed by atoms with Crippen LogP contribution in [0.15, 0.2) is 95.9 Å². The summed E-state index contributed by atoms with van der Waals surface area (Å²) in [7, 11) is 2.06. The second-order valence-corrected chi connectivity index (χ2v) is 9.05. The van der Waals surface area contributed by atoms with E-state index in [0.29, 0.717) is 42.4 Å². The third-order valence-electron chi connectivity index (χ3n) is 6.35. The SMILES string of the molecule is CN1CCN(C(=O)c2ccc(Nc3c(Oc4ccccc4)cnn(Cc4ccccc4)c3=O)cc2)CC1. The molecule has 37 heavy (non-hydrogen) atoms. The Morgan fingerprint density at radius 3 is 2.22 bits per heavy atom. The molecule has 3 aromatic carbocycles. The molecular formula is C29H29N5O3. The molecule has 0 aliphatic carbocycles. The topological polar surface area (TPSA) is 79.7 Å². The van der Waals surface area contributed by atoms with Gasteiger partial charge in [-0.3, -0.25) is 9.59 Å². The molecule has 0 radical (unpaired) electrons. The summed E-state index contributed by atoms with van der Waals surface area (Å²) in [5, 5.41) is 7.56. The van der Waals surface area contributed by atoms with Gasteiger partial charge >= 0.3 is 0 Å². The van der Waals surface area contributed by atoms with Gasteiger partial charge in [-0.15, -0.1) is 0 Å². The fourth-order valence-electron chi connectivity index (χ4n) is 4.18. The van der Waals surface area contributed by atoms with Crippen molar-refractivity contribution in [2.75, 3.05) is 38.5 Å². The maximum absolute atomic E-state index is 13.5. The number of para-hydroxylation sites is 1. The molecule has 1 aliphatic heterocycles. The van der Waals surface area contributed by atoms with E-state index in [0.717, 1.165) is 18.7 Å². The van der Waals surface area contributed by atoms with Crippen LogP contribution in [-0.4, -0.2) is 58.7 Å². The van der Waals surface area contributed by atoms with Crippen molar-refractivity contribution in [2.24, 2.45) is 0 Å². The van der Waals surface area contributed by atoms with Crippen LogP contribution in [0.5, 0.6) is 11.5 Å². The molecule has 1 fully saturated rings. The minimum absolute atomic E-state index is 0.0156. The highest BCUT2D eigenvalue weighted by atomic mass is 16.5. The van der Waals surface area contributed by atoms with Crippen LogP contribution in [0.1, 0.15) is 15.9 Å². The summed E-state index contributed by atoms with van der Waals surface area (Å²) in [6, 6.07) is 26.1. The number of nitrogens with one attached hydrogen (secondary N) is 1. The number of piperazine rings is 1. The quantitative estimate of drug-likeness (QED) is 0.414. The number of likely N-dealkylation sites (N-methyl/N-ethyl adjacent to an activating group) is 1. The standard InChI is InChI=1S/C29H29N5O3/c1-32-16-18-33(19-17-32)28(35)23-12-14-24(15-13-23)31-27-26(37-25-10-6-3-7-11-25)20-30-34(29(27)36)21-22-8-4-2-5-9-22/h2-15,20,31H,16-19,21H2,1H3. The zero-order valence-corrected chi connectivity index (χ0v) is 20.7. The maximum atomic E-state index is 13.5. The number of anilines is 2. The van der Waals surface area contributed by atoms with Gasteiger partial charge in [0, 0.05) is 37.4 Å². The Labute approximate surface area is 215 Å². The average Bonchev–Trinajstić information content (AvgIpc) is 2.94. The number of hydrogen-bond acceptors (Lipinski definition) is 6. The van der Waals surface area contributed by atoms with Crippen LogP contribution in [0.4, 0.5) is 11.4 Å². The van der Waals surface area contributed by atoms with Crippen molar-refractivity contribution in [3.05, 3.63) is 113 Å². The summed E-state index contributed by atoms with van der Waals surface area (Å²) in [6.07, 6.45) is 1.55.